The number of hydrogen-bond acceptors (Lipinski definition) is 3. The molecule has 1 amide bonds. The summed E-state index contributed by atoms with van der Waals surface area (Å²) in [6, 6.07) is 5.93. The summed E-state index contributed by atoms with van der Waals surface area (Å²) in [5, 5.41) is 3.94. The molecule has 0 atom stereocenters. The second kappa shape index (κ2) is 15.0. The van der Waals surface area contributed by atoms with Gasteiger partial charge in [-0.1, -0.05) is 55.4 Å². The largest absolute Gasteiger partial charge is 0.497 e. The van der Waals surface area contributed by atoms with Crippen LogP contribution in [0.3, 0.4) is 0 Å². The quantitative estimate of drug-likeness (QED) is 0.205. The molecule has 0 spiro atoms. The Hall–Kier alpha value is -3.60. The molecule has 2 aromatic rings. The van der Waals surface area contributed by atoms with E-state index in [1.807, 2.05) is 43.5 Å². The zero-order valence-electron chi connectivity index (χ0n) is 24.1. The molecular formula is C33H44N2O3. The van der Waals surface area contributed by atoms with Gasteiger partial charge in [0.1, 0.15) is 12.0 Å². The fourth-order valence-electron chi connectivity index (χ4n) is 4.66. The first kappa shape index (κ1) is 30.6. The third kappa shape index (κ3) is 9.70. The number of aromatic nitrogens is 1. The van der Waals surface area contributed by atoms with Crippen LogP contribution in [-0.2, 0) is 16.0 Å². The summed E-state index contributed by atoms with van der Waals surface area (Å²) in [5.74, 6) is 0.847. The van der Waals surface area contributed by atoms with E-state index in [2.05, 4.69) is 56.2 Å². The number of fused-ring (bicyclic) bond motifs is 1. The van der Waals surface area contributed by atoms with E-state index in [0.717, 1.165) is 34.9 Å². The van der Waals surface area contributed by atoms with Crippen LogP contribution in [0.1, 0.15) is 66.4 Å². The van der Waals surface area contributed by atoms with Crippen LogP contribution in [0, 0.1) is 5.41 Å². The van der Waals surface area contributed by atoms with Crippen molar-refractivity contribution in [3.05, 3.63) is 88.7 Å². The van der Waals surface area contributed by atoms with Gasteiger partial charge in [-0.15, -0.1) is 0 Å². The molecule has 38 heavy (non-hydrogen) atoms. The molecule has 0 bridgehead atoms. The predicted molar refractivity (Wildman–Crippen MR) is 159 cm³/mol. The van der Waals surface area contributed by atoms with E-state index in [9.17, 15) is 9.59 Å². The average Bonchev–Trinajstić information content (AvgIpc) is 3.26. The minimum absolute atomic E-state index is 0.00224. The summed E-state index contributed by atoms with van der Waals surface area (Å²) in [6.07, 6.45) is 19.4. The molecule has 0 fully saturated rings. The SMILES string of the molecule is CC1=C(/C=C/C(C)=C/C=C/C(C)=C/C=O)C(C)(C)CCC1.COc1ccc2[nH]cc(CCNC(C)=O)c2c1. The Bertz CT molecular complexity index is 1250. The van der Waals surface area contributed by atoms with E-state index in [4.69, 9.17) is 4.74 Å². The number of H-pyrrole nitrogens is 1. The van der Waals surface area contributed by atoms with Crippen molar-refractivity contribution in [3.63, 3.8) is 0 Å². The number of ether oxygens (including phenoxy) is 1. The summed E-state index contributed by atoms with van der Waals surface area (Å²) in [6.45, 7) is 13.1. The minimum atomic E-state index is 0.00224. The summed E-state index contributed by atoms with van der Waals surface area (Å²) in [4.78, 5) is 24.3. The number of benzene rings is 1. The van der Waals surface area contributed by atoms with Crippen LogP contribution in [0.2, 0.25) is 0 Å². The van der Waals surface area contributed by atoms with Crippen LogP contribution < -0.4 is 10.1 Å². The summed E-state index contributed by atoms with van der Waals surface area (Å²) >= 11 is 0. The van der Waals surface area contributed by atoms with Crippen molar-refractivity contribution in [1.29, 1.82) is 0 Å². The molecule has 0 radical (unpaired) electrons. The molecule has 1 aromatic heterocycles. The van der Waals surface area contributed by atoms with E-state index in [1.165, 1.54) is 48.5 Å². The molecule has 204 valence electrons. The number of aldehydes is 1. The van der Waals surface area contributed by atoms with Gasteiger partial charge < -0.3 is 15.0 Å². The Morgan fingerprint density at radius 3 is 2.53 bits per heavy atom. The lowest BCUT2D eigenvalue weighted by atomic mass is 9.72. The molecule has 1 heterocycles. The molecule has 0 saturated carbocycles. The van der Waals surface area contributed by atoms with Gasteiger partial charge in [-0.3, -0.25) is 9.59 Å². The molecule has 0 unspecified atom stereocenters. The van der Waals surface area contributed by atoms with E-state index in [0.29, 0.717) is 6.54 Å². The molecule has 3 rings (SSSR count). The van der Waals surface area contributed by atoms with Gasteiger partial charge in [-0.25, -0.2) is 0 Å². The highest BCUT2D eigenvalue weighted by atomic mass is 16.5. The lowest BCUT2D eigenvalue weighted by Crippen LogP contribution is -2.22. The molecule has 1 aliphatic carbocycles. The first-order valence-corrected chi connectivity index (χ1v) is 13.3. The number of rotatable bonds is 9. The number of aromatic amines is 1. The van der Waals surface area contributed by atoms with E-state index in [-0.39, 0.29) is 11.3 Å². The number of hydrogen-bond donors (Lipinski definition) is 2. The Morgan fingerprint density at radius 1 is 1.13 bits per heavy atom. The van der Waals surface area contributed by atoms with Gasteiger partial charge in [0.25, 0.3) is 0 Å². The average molecular weight is 517 g/mol. The standard InChI is InChI=1S/C20H28O.C13H16N2O2/c1-16(8-6-9-17(2)13-15-21)11-12-19-18(3)10-7-14-20(19,4)5;1-9(16)14-6-5-10-8-15-13-4-3-11(17-2)7-12(10)13/h6,8-9,11-13,15H,7,10,14H2,1-5H3;3-4,7-8,15H,5-6H2,1-2H3,(H,14,16)/b9-6+,12-11+,16-8+,17-13+;. The molecule has 0 saturated heterocycles. The van der Waals surface area contributed by atoms with E-state index >= 15 is 0 Å². The fraction of sp³-hybridized carbons (Fsp3) is 0.394. The minimum Gasteiger partial charge on any atom is -0.497 e. The van der Waals surface area contributed by atoms with Gasteiger partial charge in [0.05, 0.1) is 7.11 Å². The van der Waals surface area contributed by atoms with Gasteiger partial charge in [-0.2, -0.15) is 0 Å². The van der Waals surface area contributed by atoms with E-state index in [1.54, 1.807) is 13.2 Å². The van der Waals surface area contributed by atoms with Gasteiger partial charge >= 0.3 is 0 Å². The Morgan fingerprint density at radius 2 is 1.87 bits per heavy atom. The van der Waals surface area contributed by atoms with Crippen molar-refractivity contribution in [2.45, 2.75) is 67.2 Å². The van der Waals surface area contributed by atoms with Crippen LogP contribution in [-0.4, -0.2) is 30.8 Å². The number of amides is 1. The maximum atomic E-state index is 10.8. The van der Waals surface area contributed by atoms with Crippen molar-refractivity contribution in [2.75, 3.05) is 13.7 Å². The first-order chi connectivity index (χ1) is 18.1. The lowest BCUT2D eigenvalue weighted by molar-refractivity contribution is -0.118. The molecule has 0 aliphatic heterocycles. The smallest absolute Gasteiger partial charge is 0.216 e. The Kier molecular flexibility index (Phi) is 12.1. The van der Waals surface area contributed by atoms with Gasteiger partial charge in [-0.05, 0) is 92.9 Å². The van der Waals surface area contributed by atoms with Crippen LogP contribution in [0.4, 0.5) is 0 Å². The van der Waals surface area contributed by atoms with Crippen molar-refractivity contribution >= 4 is 23.1 Å². The van der Waals surface area contributed by atoms with Crippen LogP contribution in [0.5, 0.6) is 5.75 Å². The molecule has 5 heteroatoms. The number of carbonyl (C=O) groups is 2. The van der Waals surface area contributed by atoms with Gasteiger partial charge in [0.2, 0.25) is 5.91 Å². The zero-order chi connectivity index (χ0) is 28.1. The number of methoxy groups -OCH3 is 1. The lowest BCUT2D eigenvalue weighted by Gasteiger charge is -2.32. The van der Waals surface area contributed by atoms with Gasteiger partial charge in [0, 0.05) is 30.6 Å². The molecule has 2 N–H and O–H groups in total. The Balaban J connectivity index is 0.000000272. The number of carbonyl (C=O) groups excluding carboxylic acids is 2. The monoisotopic (exact) mass is 516 g/mol. The third-order valence-corrected chi connectivity index (χ3v) is 6.85. The van der Waals surface area contributed by atoms with Crippen molar-refractivity contribution in [2.24, 2.45) is 5.41 Å². The zero-order valence-corrected chi connectivity index (χ0v) is 24.1. The highest BCUT2D eigenvalue weighted by Gasteiger charge is 2.26. The third-order valence-electron chi connectivity index (χ3n) is 6.85. The van der Waals surface area contributed by atoms with Crippen LogP contribution >= 0.6 is 0 Å². The second-order valence-electron chi connectivity index (χ2n) is 10.5. The van der Waals surface area contributed by atoms with Crippen molar-refractivity contribution < 1.29 is 14.3 Å². The predicted octanol–water partition coefficient (Wildman–Crippen LogP) is 7.57. The van der Waals surface area contributed by atoms with Crippen LogP contribution in [0.25, 0.3) is 10.9 Å². The van der Waals surface area contributed by atoms with Gasteiger partial charge in [0.15, 0.2) is 0 Å². The second-order valence-corrected chi connectivity index (χ2v) is 10.5. The molecule has 1 aromatic carbocycles. The maximum absolute atomic E-state index is 10.8. The maximum Gasteiger partial charge on any atom is 0.216 e. The van der Waals surface area contributed by atoms with Crippen molar-refractivity contribution in [3.8, 4) is 5.75 Å². The normalized spacial score (nSPS) is 16.1. The highest BCUT2D eigenvalue weighted by molar-refractivity contribution is 5.84. The molecule has 1 aliphatic rings. The van der Waals surface area contributed by atoms with E-state index < -0.39 is 0 Å². The molecular weight excluding hydrogens is 472 g/mol. The Labute approximate surface area is 228 Å². The number of nitrogens with one attached hydrogen (secondary N) is 2. The molecule has 5 nitrogen and oxygen atoms in total. The summed E-state index contributed by atoms with van der Waals surface area (Å²) in [7, 11) is 1.66. The summed E-state index contributed by atoms with van der Waals surface area (Å²) in [5.41, 5.74) is 7.75. The van der Waals surface area contributed by atoms with Crippen LogP contribution in [0.15, 0.2) is 83.1 Å². The van der Waals surface area contributed by atoms with Crippen molar-refractivity contribution in [1.82, 2.24) is 10.3 Å². The highest BCUT2D eigenvalue weighted by Crippen LogP contribution is 2.40. The first-order valence-electron chi connectivity index (χ1n) is 13.3. The topological polar surface area (TPSA) is 71.2 Å². The summed E-state index contributed by atoms with van der Waals surface area (Å²) < 4.78 is 5.21. The number of allylic oxidation sites excluding steroid dienone is 10. The fourth-order valence-corrected chi connectivity index (χ4v) is 4.66.